The Morgan fingerprint density at radius 2 is 1.91 bits per heavy atom. The molecule has 2 atom stereocenters. The van der Waals surface area contributed by atoms with E-state index in [0.29, 0.717) is 40.6 Å². The Bertz CT molecular complexity index is 1460. The van der Waals surface area contributed by atoms with E-state index >= 15 is 0 Å². The zero-order valence-electron chi connectivity index (χ0n) is 17.0. The predicted molar refractivity (Wildman–Crippen MR) is 120 cm³/mol. The van der Waals surface area contributed by atoms with Crippen molar-refractivity contribution < 1.29 is 5.11 Å². The number of benzene rings is 1. The molecule has 5 N–H and O–H groups in total. The summed E-state index contributed by atoms with van der Waals surface area (Å²) in [4.78, 5) is 13.9. The Hall–Kier alpha value is -4.08. The molecule has 158 valence electrons. The first-order valence-corrected chi connectivity index (χ1v) is 10.3. The SMILES string of the molecule is Nc1ncccc1-c1nc2ccc(-n3cccn3)nc2n1-c1ccc2c(c1)C(O)CC2N. The molecule has 0 amide bonds. The Morgan fingerprint density at radius 3 is 2.72 bits per heavy atom. The average Bonchev–Trinajstić information content (AvgIpc) is 3.52. The zero-order valence-corrected chi connectivity index (χ0v) is 17.0. The van der Waals surface area contributed by atoms with Gasteiger partial charge in [-0.2, -0.15) is 5.10 Å². The Kier molecular flexibility index (Phi) is 4.07. The summed E-state index contributed by atoms with van der Waals surface area (Å²) >= 11 is 0. The van der Waals surface area contributed by atoms with Crippen LogP contribution in [-0.2, 0) is 0 Å². The lowest BCUT2D eigenvalue weighted by molar-refractivity contribution is 0.173. The Balaban J connectivity index is 1.64. The predicted octanol–water partition coefficient (Wildman–Crippen LogP) is 2.69. The molecule has 5 aromatic rings. The van der Waals surface area contributed by atoms with Crippen LogP contribution in [0.1, 0.15) is 29.7 Å². The van der Waals surface area contributed by atoms with Gasteiger partial charge in [-0.05, 0) is 60.0 Å². The Labute approximate surface area is 183 Å². The van der Waals surface area contributed by atoms with E-state index in [2.05, 4.69) is 10.1 Å². The molecular weight excluding hydrogens is 404 g/mol. The molecule has 0 aliphatic heterocycles. The maximum absolute atomic E-state index is 10.5. The second-order valence-corrected chi connectivity index (χ2v) is 7.84. The minimum atomic E-state index is -0.603. The van der Waals surface area contributed by atoms with Crippen LogP contribution in [0.2, 0.25) is 0 Å². The van der Waals surface area contributed by atoms with Crippen LogP contribution in [0.15, 0.2) is 67.1 Å². The summed E-state index contributed by atoms with van der Waals surface area (Å²) in [6.07, 6.45) is 5.09. The van der Waals surface area contributed by atoms with Gasteiger partial charge in [0, 0.05) is 30.3 Å². The number of pyridine rings is 2. The first-order chi connectivity index (χ1) is 15.6. The fourth-order valence-corrected chi connectivity index (χ4v) is 4.33. The molecule has 0 fully saturated rings. The lowest BCUT2D eigenvalue weighted by Crippen LogP contribution is -2.06. The topological polar surface area (TPSA) is 134 Å². The number of aliphatic hydroxyl groups is 1. The van der Waals surface area contributed by atoms with Gasteiger partial charge in [-0.25, -0.2) is 19.6 Å². The highest BCUT2D eigenvalue weighted by Gasteiger charge is 2.28. The smallest absolute Gasteiger partial charge is 0.167 e. The number of nitrogens with two attached hydrogens (primary N) is 2. The summed E-state index contributed by atoms with van der Waals surface area (Å²) in [6.45, 7) is 0. The molecule has 4 aromatic heterocycles. The number of imidazole rings is 1. The number of hydrogen-bond donors (Lipinski definition) is 3. The van der Waals surface area contributed by atoms with Crippen molar-refractivity contribution in [2.45, 2.75) is 18.6 Å². The molecule has 4 heterocycles. The van der Waals surface area contributed by atoms with Crippen LogP contribution in [0.4, 0.5) is 5.82 Å². The summed E-state index contributed by atoms with van der Waals surface area (Å²) in [7, 11) is 0. The van der Waals surface area contributed by atoms with E-state index in [1.165, 1.54) is 0 Å². The van der Waals surface area contributed by atoms with Crippen molar-refractivity contribution in [3.05, 3.63) is 78.2 Å². The van der Waals surface area contributed by atoms with Crippen LogP contribution in [0.25, 0.3) is 34.1 Å². The summed E-state index contributed by atoms with van der Waals surface area (Å²) in [5.41, 5.74) is 17.0. The maximum atomic E-state index is 10.5. The van der Waals surface area contributed by atoms with Gasteiger partial charge in [0.2, 0.25) is 0 Å². The highest BCUT2D eigenvalue weighted by Crippen LogP contribution is 2.39. The van der Waals surface area contributed by atoms with Crippen LogP contribution < -0.4 is 11.5 Å². The molecule has 9 nitrogen and oxygen atoms in total. The molecule has 0 radical (unpaired) electrons. The molecule has 1 aromatic carbocycles. The minimum Gasteiger partial charge on any atom is -0.388 e. The number of aliphatic hydroxyl groups excluding tert-OH is 1. The van der Waals surface area contributed by atoms with Gasteiger partial charge < -0.3 is 16.6 Å². The van der Waals surface area contributed by atoms with Gasteiger partial charge >= 0.3 is 0 Å². The third-order valence-electron chi connectivity index (χ3n) is 5.87. The minimum absolute atomic E-state index is 0.174. The summed E-state index contributed by atoms with van der Waals surface area (Å²) < 4.78 is 3.63. The van der Waals surface area contributed by atoms with Gasteiger partial charge in [0.1, 0.15) is 11.3 Å². The summed E-state index contributed by atoms with van der Waals surface area (Å²) in [5.74, 6) is 1.66. The molecule has 6 rings (SSSR count). The van der Waals surface area contributed by atoms with Gasteiger partial charge in [0.15, 0.2) is 17.3 Å². The Morgan fingerprint density at radius 1 is 1.00 bits per heavy atom. The molecule has 9 heteroatoms. The first kappa shape index (κ1) is 18.7. The third-order valence-corrected chi connectivity index (χ3v) is 5.87. The van der Waals surface area contributed by atoms with Crippen molar-refractivity contribution in [3.8, 4) is 22.9 Å². The summed E-state index contributed by atoms with van der Waals surface area (Å²) in [5, 5.41) is 14.8. The van der Waals surface area contributed by atoms with Gasteiger partial charge in [0.25, 0.3) is 0 Å². The van der Waals surface area contributed by atoms with Crippen molar-refractivity contribution in [3.63, 3.8) is 0 Å². The zero-order chi connectivity index (χ0) is 21.8. The van der Waals surface area contributed by atoms with Crippen molar-refractivity contribution in [2.75, 3.05) is 5.73 Å². The molecule has 32 heavy (non-hydrogen) atoms. The van der Waals surface area contributed by atoms with Gasteiger partial charge in [-0.1, -0.05) is 6.07 Å². The number of aromatic nitrogens is 6. The van der Waals surface area contributed by atoms with E-state index in [-0.39, 0.29) is 6.04 Å². The van der Waals surface area contributed by atoms with E-state index < -0.39 is 6.10 Å². The maximum Gasteiger partial charge on any atom is 0.167 e. The number of anilines is 1. The standard InChI is InChI=1S/C23H20N8O/c24-17-12-19(32)16-11-13(4-5-14(16)17)31-22(15-3-1-8-26-21(15)25)28-18-6-7-20(29-23(18)31)30-10-2-9-27-30/h1-11,17,19,32H,12,24H2,(H2,25,26). The number of nitrogen functional groups attached to an aromatic ring is 1. The largest absolute Gasteiger partial charge is 0.388 e. The molecule has 2 unspecified atom stereocenters. The first-order valence-electron chi connectivity index (χ1n) is 10.3. The lowest BCUT2D eigenvalue weighted by atomic mass is 10.1. The van der Waals surface area contributed by atoms with Crippen molar-refractivity contribution in [2.24, 2.45) is 5.73 Å². The highest BCUT2D eigenvalue weighted by atomic mass is 16.3. The fourth-order valence-electron chi connectivity index (χ4n) is 4.33. The average molecular weight is 424 g/mol. The van der Waals surface area contributed by atoms with Crippen molar-refractivity contribution >= 4 is 17.0 Å². The monoisotopic (exact) mass is 424 g/mol. The number of fused-ring (bicyclic) bond motifs is 2. The number of hydrogen-bond acceptors (Lipinski definition) is 7. The van der Waals surface area contributed by atoms with Crippen LogP contribution in [0, 0.1) is 0 Å². The van der Waals surface area contributed by atoms with E-state index in [1.807, 2.05) is 59.3 Å². The molecule has 0 spiro atoms. The van der Waals surface area contributed by atoms with Crippen molar-refractivity contribution in [1.82, 2.24) is 29.3 Å². The normalized spacial score (nSPS) is 17.7. The molecule has 0 saturated heterocycles. The summed E-state index contributed by atoms with van der Waals surface area (Å²) in [6, 6.07) is 15.0. The van der Waals surface area contributed by atoms with E-state index in [1.54, 1.807) is 17.1 Å². The van der Waals surface area contributed by atoms with Crippen LogP contribution in [0.3, 0.4) is 0 Å². The van der Waals surface area contributed by atoms with E-state index in [9.17, 15) is 5.11 Å². The van der Waals surface area contributed by atoms with Gasteiger partial charge in [0.05, 0.1) is 11.7 Å². The number of nitrogens with zero attached hydrogens (tertiary/aromatic N) is 6. The molecule has 1 aliphatic carbocycles. The second kappa shape index (κ2) is 6.98. The van der Waals surface area contributed by atoms with Crippen LogP contribution in [-0.4, -0.2) is 34.4 Å². The van der Waals surface area contributed by atoms with Gasteiger partial charge in [-0.3, -0.25) is 4.57 Å². The van der Waals surface area contributed by atoms with E-state index in [0.717, 1.165) is 16.8 Å². The van der Waals surface area contributed by atoms with Gasteiger partial charge in [-0.15, -0.1) is 0 Å². The third kappa shape index (κ3) is 2.79. The fraction of sp³-hybridized carbons (Fsp3) is 0.130. The molecule has 1 aliphatic rings. The van der Waals surface area contributed by atoms with Crippen LogP contribution in [0.5, 0.6) is 0 Å². The molecule has 0 saturated carbocycles. The lowest BCUT2D eigenvalue weighted by Gasteiger charge is -2.13. The molecule has 0 bridgehead atoms. The quantitative estimate of drug-likeness (QED) is 0.405. The van der Waals surface area contributed by atoms with E-state index in [4.69, 9.17) is 21.4 Å². The molecular formula is C23H20N8O. The number of rotatable bonds is 3. The highest BCUT2D eigenvalue weighted by molar-refractivity contribution is 5.83. The van der Waals surface area contributed by atoms with Crippen LogP contribution >= 0.6 is 0 Å². The second-order valence-electron chi connectivity index (χ2n) is 7.84. The van der Waals surface area contributed by atoms with Crippen molar-refractivity contribution in [1.29, 1.82) is 0 Å².